The van der Waals surface area contributed by atoms with Crippen LogP contribution < -0.4 is 10.6 Å². The SMILES string of the molecule is CC(C)N1C(=O)c2ccc(NC(=O)Nc3cc([N+](=O)[O-])ccc3Cl)cc2C1=O. The molecule has 28 heavy (non-hydrogen) atoms. The maximum absolute atomic E-state index is 12.4. The van der Waals surface area contributed by atoms with Crippen LogP contribution in [0.25, 0.3) is 0 Å². The molecule has 0 spiro atoms. The van der Waals surface area contributed by atoms with Crippen molar-refractivity contribution >= 4 is 46.5 Å². The molecule has 2 aromatic rings. The molecule has 2 N–H and O–H groups in total. The van der Waals surface area contributed by atoms with Gasteiger partial charge >= 0.3 is 6.03 Å². The van der Waals surface area contributed by atoms with Gasteiger partial charge in [-0.25, -0.2) is 4.79 Å². The van der Waals surface area contributed by atoms with Crippen molar-refractivity contribution in [1.82, 2.24) is 4.90 Å². The molecular weight excluding hydrogens is 388 g/mol. The van der Waals surface area contributed by atoms with Crippen LogP contribution in [0.15, 0.2) is 36.4 Å². The smallest absolute Gasteiger partial charge is 0.308 e. The summed E-state index contributed by atoms with van der Waals surface area (Å²) in [5.74, 6) is -0.810. The Morgan fingerprint density at radius 2 is 1.75 bits per heavy atom. The molecule has 0 fully saturated rings. The number of fused-ring (bicyclic) bond motifs is 1. The first-order chi connectivity index (χ1) is 13.2. The number of rotatable bonds is 4. The lowest BCUT2D eigenvalue weighted by atomic mass is 10.1. The Bertz CT molecular complexity index is 1020. The Hall–Kier alpha value is -3.46. The quantitative estimate of drug-likeness (QED) is 0.456. The van der Waals surface area contributed by atoms with Crippen molar-refractivity contribution in [3.63, 3.8) is 0 Å². The zero-order valence-electron chi connectivity index (χ0n) is 14.9. The fourth-order valence-corrected chi connectivity index (χ4v) is 2.98. The van der Waals surface area contributed by atoms with Crippen LogP contribution in [0, 0.1) is 10.1 Å². The second kappa shape index (κ2) is 7.28. The van der Waals surface area contributed by atoms with Gasteiger partial charge in [-0.1, -0.05) is 11.6 Å². The zero-order valence-corrected chi connectivity index (χ0v) is 15.6. The summed E-state index contributed by atoms with van der Waals surface area (Å²) in [7, 11) is 0. The van der Waals surface area contributed by atoms with E-state index in [1.165, 1.54) is 30.3 Å². The number of nitro groups is 1. The molecule has 0 radical (unpaired) electrons. The van der Waals surface area contributed by atoms with Crippen LogP contribution >= 0.6 is 11.6 Å². The van der Waals surface area contributed by atoms with Crippen molar-refractivity contribution in [1.29, 1.82) is 0 Å². The molecule has 9 nitrogen and oxygen atoms in total. The summed E-state index contributed by atoms with van der Waals surface area (Å²) >= 11 is 5.95. The predicted molar refractivity (Wildman–Crippen MR) is 103 cm³/mol. The van der Waals surface area contributed by atoms with Crippen LogP contribution in [0.5, 0.6) is 0 Å². The second-order valence-corrected chi connectivity index (χ2v) is 6.74. The Morgan fingerprint density at radius 3 is 2.39 bits per heavy atom. The minimum absolute atomic E-state index is 0.0618. The van der Waals surface area contributed by atoms with Gasteiger partial charge < -0.3 is 10.6 Å². The first kappa shape index (κ1) is 19.3. The van der Waals surface area contributed by atoms with Crippen molar-refractivity contribution in [2.24, 2.45) is 0 Å². The summed E-state index contributed by atoms with van der Waals surface area (Å²) in [4.78, 5) is 48.3. The standard InChI is InChI=1S/C18H15ClN4O5/c1-9(2)22-16(24)12-5-3-10(7-13(12)17(22)25)20-18(26)21-15-8-11(23(27)28)4-6-14(15)19/h3-9H,1-2H3,(H2,20,21,26). The number of imide groups is 1. The molecule has 0 aromatic heterocycles. The number of carbonyl (C=O) groups is 3. The molecule has 0 unspecified atom stereocenters. The number of nitrogens with zero attached hydrogens (tertiary/aromatic N) is 2. The number of nitro benzene ring substituents is 1. The molecule has 0 atom stereocenters. The topological polar surface area (TPSA) is 122 Å². The van der Waals surface area contributed by atoms with E-state index in [-0.39, 0.29) is 45.2 Å². The van der Waals surface area contributed by atoms with Crippen molar-refractivity contribution < 1.29 is 19.3 Å². The van der Waals surface area contributed by atoms with Crippen LogP contribution in [0.4, 0.5) is 21.9 Å². The average Bonchev–Trinajstić information content (AvgIpc) is 2.87. The summed E-state index contributed by atoms with van der Waals surface area (Å²) in [6, 6.07) is 7.02. The van der Waals surface area contributed by atoms with Gasteiger partial charge in [0, 0.05) is 23.9 Å². The van der Waals surface area contributed by atoms with Gasteiger partial charge in [-0.3, -0.25) is 24.6 Å². The van der Waals surface area contributed by atoms with E-state index in [0.29, 0.717) is 0 Å². The molecule has 0 saturated heterocycles. The first-order valence-electron chi connectivity index (χ1n) is 8.23. The summed E-state index contributed by atoms with van der Waals surface area (Å²) in [5, 5.41) is 15.9. The first-order valence-corrected chi connectivity index (χ1v) is 8.60. The number of benzene rings is 2. The molecular formula is C18H15ClN4O5. The van der Waals surface area contributed by atoms with Crippen LogP contribution in [-0.4, -0.2) is 33.7 Å². The Balaban J connectivity index is 1.78. The minimum atomic E-state index is -0.708. The maximum atomic E-state index is 12.4. The van der Waals surface area contributed by atoms with Gasteiger partial charge in [-0.15, -0.1) is 0 Å². The third kappa shape index (κ3) is 3.52. The third-order valence-corrected chi connectivity index (χ3v) is 4.43. The van der Waals surface area contributed by atoms with E-state index in [0.717, 1.165) is 11.0 Å². The number of non-ortho nitro benzene ring substituents is 1. The fourth-order valence-electron chi connectivity index (χ4n) is 2.81. The van der Waals surface area contributed by atoms with Crippen LogP contribution in [0.1, 0.15) is 34.6 Å². The minimum Gasteiger partial charge on any atom is -0.308 e. The molecule has 1 aliphatic heterocycles. The highest BCUT2D eigenvalue weighted by molar-refractivity contribution is 6.34. The lowest BCUT2D eigenvalue weighted by Crippen LogP contribution is -2.35. The number of anilines is 2. The number of halogens is 1. The zero-order chi connectivity index (χ0) is 20.6. The van der Waals surface area contributed by atoms with Gasteiger partial charge in [0.2, 0.25) is 0 Å². The number of urea groups is 1. The van der Waals surface area contributed by atoms with E-state index < -0.39 is 16.9 Å². The molecule has 1 heterocycles. The van der Waals surface area contributed by atoms with Gasteiger partial charge in [-0.2, -0.15) is 0 Å². The molecule has 0 saturated carbocycles. The van der Waals surface area contributed by atoms with Crippen molar-refractivity contribution in [3.8, 4) is 0 Å². The lowest BCUT2D eigenvalue weighted by molar-refractivity contribution is -0.384. The van der Waals surface area contributed by atoms with E-state index in [2.05, 4.69) is 10.6 Å². The average molecular weight is 403 g/mol. The van der Waals surface area contributed by atoms with Gasteiger partial charge in [0.1, 0.15) is 0 Å². The summed E-state index contributed by atoms with van der Waals surface area (Å²) in [6.07, 6.45) is 0. The highest BCUT2D eigenvalue weighted by atomic mass is 35.5. The van der Waals surface area contributed by atoms with Crippen LogP contribution in [0.3, 0.4) is 0 Å². The fraction of sp³-hybridized carbons (Fsp3) is 0.167. The predicted octanol–water partition coefficient (Wildman–Crippen LogP) is 3.90. The van der Waals surface area contributed by atoms with Gasteiger partial charge in [0.15, 0.2) is 0 Å². The summed E-state index contributed by atoms with van der Waals surface area (Å²) in [6.45, 7) is 3.47. The Labute approximate surface area is 164 Å². The summed E-state index contributed by atoms with van der Waals surface area (Å²) < 4.78 is 0. The van der Waals surface area contributed by atoms with Gasteiger partial charge in [0.05, 0.1) is 26.8 Å². The Kier molecular flexibility index (Phi) is 5.02. The number of amides is 4. The van der Waals surface area contributed by atoms with Crippen LogP contribution in [-0.2, 0) is 0 Å². The molecule has 0 aliphatic carbocycles. The molecule has 1 aliphatic rings. The van der Waals surface area contributed by atoms with E-state index >= 15 is 0 Å². The molecule has 0 bridgehead atoms. The monoisotopic (exact) mass is 402 g/mol. The summed E-state index contributed by atoms with van der Waals surface area (Å²) in [5.41, 5.74) is 0.586. The third-order valence-electron chi connectivity index (χ3n) is 4.10. The molecule has 144 valence electrons. The van der Waals surface area contributed by atoms with Crippen molar-refractivity contribution in [2.75, 3.05) is 10.6 Å². The normalized spacial score (nSPS) is 12.9. The number of nitrogens with one attached hydrogen (secondary N) is 2. The van der Waals surface area contributed by atoms with Crippen LogP contribution in [0.2, 0.25) is 5.02 Å². The highest BCUT2D eigenvalue weighted by Gasteiger charge is 2.37. The number of hydrogen-bond acceptors (Lipinski definition) is 5. The van der Waals surface area contributed by atoms with Gasteiger partial charge in [0.25, 0.3) is 17.5 Å². The Morgan fingerprint density at radius 1 is 1.07 bits per heavy atom. The van der Waals surface area contributed by atoms with Gasteiger partial charge in [-0.05, 0) is 38.1 Å². The van der Waals surface area contributed by atoms with E-state index in [4.69, 9.17) is 11.6 Å². The lowest BCUT2D eigenvalue weighted by Gasteiger charge is -2.17. The molecule has 10 heteroatoms. The van der Waals surface area contributed by atoms with E-state index in [9.17, 15) is 24.5 Å². The van der Waals surface area contributed by atoms with E-state index in [1.807, 2.05) is 0 Å². The highest BCUT2D eigenvalue weighted by Crippen LogP contribution is 2.29. The number of hydrogen-bond donors (Lipinski definition) is 2. The molecule has 3 rings (SSSR count). The van der Waals surface area contributed by atoms with Crippen molar-refractivity contribution in [2.45, 2.75) is 19.9 Å². The molecule has 4 amide bonds. The number of carbonyl (C=O) groups excluding carboxylic acids is 3. The van der Waals surface area contributed by atoms with E-state index in [1.54, 1.807) is 13.8 Å². The maximum Gasteiger partial charge on any atom is 0.323 e. The largest absolute Gasteiger partial charge is 0.323 e. The van der Waals surface area contributed by atoms with Crippen molar-refractivity contribution in [3.05, 3.63) is 62.7 Å². The second-order valence-electron chi connectivity index (χ2n) is 6.33. The molecule has 2 aromatic carbocycles.